The standard InChI is InChI=1S/C12H9NO2S/c13-12(16)15-11(14)10-7-3-5-8-4-1-2-6-9(8)10/h1-7H,(H2,13,16). The van der Waals surface area contributed by atoms with Crippen LogP contribution in [0.5, 0.6) is 0 Å². The van der Waals surface area contributed by atoms with Gasteiger partial charge < -0.3 is 10.5 Å². The van der Waals surface area contributed by atoms with Crippen molar-refractivity contribution in [2.45, 2.75) is 0 Å². The molecule has 80 valence electrons. The molecule has 0 saturated heterocycles. The van der Waals surface area contributed by atoms with E-state index in [-0.39, 0.29) is 5.17 Å². The first-order valence-electron chi connectivity index (χ1n) is 4.68. The Morgan fingerprint density at radius 1 is 1.12 bits per heavy atom. The van der Waals surface area contributed by atoms with Gasteiger partial charge in [0.1, 0.15) is 0 Å². The summed E-state index contributed by atoms with van der Waals surface area (Å²) >= 11 is 4.53. The molecule has 2 aromatic rings. The maximum absolute atomic E-state index is 11.7. The van der Waals surface area contributed by atoms with Crippen LogP contribution < -0.4 is 5.73 Å². The zero-order valence-corrected chi connectivity index (χ0v) is 9.16. The summed E-state index contributed by atoms with van der Waals surface area (Å²) in [6, 6.07) is 12.9. The van der Waals surface area contributed by atoms with Crippen LogP contribution in [-0.4, -0.2) is 11.1 Å². The van der Waals surface area contributed by atoms with Crippen molar-refractivity contribution in [3.63, 3.8) is 0 Å². The number of thiocarbonyl (C=S) groups is 1. The average Bonchev–Trinajstić information content (AvgIpc) is 2.27. The van der Waals surface area contributed by atoms with Gasteiger partial charge in [0, 0.05) is 0 Å². The molecule has 0 atom stereocenters. The van der Waals surface area contributed by atoms with Crippen LogP contribution in [0.2, 0.25) is 0 Å². The van der Waals surface area contributed by atoms with Crippen LogP contribution in [0, 0.1) is 0 Å². The van der Waals surface area contributed by atoms with Crippen LogP contribution >= 0.6 is 12.2 Å². The third-order valence-corrected chi connectivity index (χ3v) is 2.29. The normalized spacial score (nSPS) is 10.0. The molecule has 3 nitrogen and oxygen atoms in total. The van der Waals surface area contributed by atoms with Crippen molar-refractivity contribution < 1.29 is 9.53 Å². The topological polar surface area (TPSA) is 52.3 Å². The molecule has 0 heterocycles. The number of carbonyl (C=O) groups excluding carboxylic acids is 1. The van der Waals surface area contributed by atoms with Crippen molar-refractivity contribution in [2.75, 3.05) is 0 Å². The van der Waals surface area contributed by atoms with E-state index in [0.717, 1.165) is 10.8 Å². The number of nitrogens with two attached hydrogens (primary N) is 1. The van der Waals surface area contributed by atoms with Crippen LogP contribution in [0.25, 0.3) is 10.8 Å². The highest BCUT2D eigenvalue weighted by atomic mass is 32.1. The van der Waals surface area contributed by atoms with E-state index >= 15 is 0 Å². The Morgan fingerprint density at radius 2 is 1.81 bits per heavy atom. The van der Waals surface area contributed by atoms with Gasteiger partial charge >= 0.3 is 5.97 Å². The molecule has 16 heavy (non-hydrogen) atoms. The first-order valence-corrected chi connectivity index (χ1v) is 5.08. The molecule has 0 aliphatic rings. The van der Waals surface area contributed by atoms with Gasteiger partial charge in [0.2, 0.25) is 0 Å². The number of benzene rings is 2. The molecule has 0 aromatic heterocycles. The third-order valence-electron chi connectivity index (χ3n) is 2.20. The van der Waals surface area contributed by atoms with Crippen molar-refractivity contribution in [3.05, 3.63) is 48.0 Å². The molecule has 0 aliphatic heterocycles. The molecule has 0 spiro atoms. The number of fused-ring (bicyclic) bond motifs is 1. The Morgan fingerprint density at radius 3 is 2.56 bits per heavy atom. The van der Waals surface area contributed by atoms with E-state index in [9.17, 15) is 4.79 Å². The number of esters is 1. The summed E-state index contributed by atoms with van der Waals surface area (Å²) in [6.07, 6.45) is 0. The second-order valence-electron chi connectivity index (χ2n) is 3.24. The fourth-order valence-electron chi connectivity index (χ4n) is 1.55. The van der Waals surface area contributed by atoms with E-state index in [1.54, 1.807) is 12.1 Å². The number of carbonyl (C=O) groups is 1. The predicted octanol–water partition coefficient (Wildman–Crippen LogP) is 2.24. The SMILES string of the molecule is NC(=S)OC(=O)c1cccc2ccccc12. The van der Waals surface area contributed by atoms with E-state index < -0.39 is 5.97 Å². The third kappa shape index (κ3) is 2.01. The van der Waals surface area contributed by atoms with E-state index in [1.807, 2.05) is 30.3 Å². The van der Waals surface area contributed by atoms with E-state index in [4.69, 9.17) is 10.5 Å². The monoisotopic (exact) mass is 231 g/mol. The zero-order chi connectivity index (χ0) is 11.5. The molecule has 2 N–H and O–H groups in total. The Kier molecular flexibility index (Phi) is 2.83. The second kappa shape index (κ2) is 4.28. The lowest BCUT2D eigenvalue weighted by Gasteiger charge is -2.05. The lowest BCUT2D eigenvalue weighted by Crippen LogP contribution is -2.18. The number of hydrogen-bond acceptors (Lipinski definition) is 3. The minimum absolute atomic E-state index is 0.266. The maximum Gasteiger partial charge on any atom is 0.346 e. The first kappa shape index (κ1) is 10.6. The predicted molar refractivity (Wildman–Crippen MR) is 66.1 cm³/mol. The summed E-state index contributed by atoms with van der Waals surface area (Å²) in [5, 5.41) is 1.53. The number of ether oxygens (including phenoxy) is 1. The molecule has 2 aromatic carbocycles. The molecule has 2 rings (SSSR count). The average molecular weight is 231 g/mol. The Bertz CT molecular complexity index is 560. The number of hydrogen-bond donors (Lipinski definition) is 1. The molecule has 0 amide bonds. The van der Waals surface area contributed by atoms with E-state index in [2.05, 4.69) is 12.2 Å². The van der Waals surface area contributed by atoms with Crippen LogP contribution in [0.3, 0.4) is 0 Å². The van der Waals surface area contributed by atoms with Crippen molar-refractivity contribution in [2.24, 2.45) is 5.73 Å². The summed E-state index contributed by atoms with van der Waals surface area (Å²) in [4.78, 5) is 11.7. The Hall–Kier alpha value is -1.94. The zero-order valence-electron chi connectivity index (χ0n) is 8.34. The molecule has 4 heteroatoms. The first-order chi connectivity index (χ1) is 7.68. The smallest absolute Gasteiger partial charge is 0.346 e. The van der Waals surface area contributed by atoms with Crippen molar-refractivity contribution in [1.29, 1.82) is 0 Å². The van der Waals surface area contributed by atoms with E-state index in [1.165, 1.54) is 0 Å². The number of rotatable bonds is 1. The molecular weight excluding hydrogens is 222 g/mol. The van der Waals surface area contributed by atoms with E-state index in [0.29, 0.717) is 5.56 Å². The molecule has 0 fully saturated rings. The van der Waals surface area contributed by atoms with Gasteiger partial charge in [0.15, 0.2) is 0 Å². The maximum atomic E-state index is 11.7. The summed E-state index contributed by atoms with van der Waals surface area (Å²) in [7, 11) is 0. The summed E-state index contributed by atoms with van der Waals surface area (Å²) in [5.74, 6) is -0.524. The highest BCUT2D eigenvalue weighted by Crippen LogP contribution is 2.19. The van der Waals surface area contributed by atoms with Crippen LogP contribution in [0.1, 0.15) is 10.4 Å². The molecule has 0 saturated carbocycles. The highest BCUT2D eigenvalue weighted by molar-refractivity contribution is 7.80. The van der Waals surface area contributed by atoms with Crippen molar-refractivity contribution in [3.8, 4) is 0 Å². The Balaban J connectivity index is 2.52. The van der Waals surface area contributed by atoms with Gasteiger partial charge in [0.05, 0.1) is 5.56 Å². The van der Waals surface area contributed by atoms with Crippen LogP contribution in [-0.2, 0) is 4.74 Å². The van der Waals surface area contributed by atoms with Crippen LogP contribution in [0.15, 0.2) is 42.5 Å². The van der Waals surface area contributed by atoms with Gasteiger partial charge in [-0.3, -0.25) is 0 Å². The Labute approximate surface area is 97.8 Å². The molecular formula is C12H9NO2S. The van der Waals surface area contributed by atoms with Crippen molar-refractivity contribution >= 4 is 34.1 Å². The minimum atomic E-state index is -0.524. The van der Waals surface area contributed by atoms with Gasteiger partial charge in [-0.15, -0.1) is 0 Å². The molecule has 0 bridgehead atoms. The summed E-state index contributed by atoms with van der Waals surface area (Å²) < 4.78 is 4.71. The second-order valence-corrected chi connectivity index (χ2v) is 3.64. The van der Waals surface area contributed by atoms with Gasteiger partial charge in [-0.1, -0.05) is 36.4 Å². The van der Waals surface area contributed by atoms with Gasteiger partial charge in [-0.25, -0.2) is 4.79 Å². The summed E-state index contributed by atoms with van der Waals surface area (Å²) in [6.45, 7) is 0. The van der Waals surface area contributed by atoms with Crippen molar-refractivity contribution in [1.82, 2.24) is 0 Å². The minimum Gasteiger partial charge on any atom is -0.396 e. The van der Waals surface area contributed by atoms with Gasteiger partial charge in [0.25, 0.3) is 5.17 Å². The molecule has 0 aliphatic carbocycles. The molecule has 0 unspecified atom stereocenters. The quantitative estimate of drug-likeness (QED) is 0.604. The van der Waals surface area contributed by atoms with Crippen LogP contribution in [0.4, 0.5) is 0 Å². The van der Waals surface area contributed by atoms with Gasteiger partial charge in [-0.2, -0.15) is 0 Å². The largest absolute Gasteiger partial charge is 0.396 e. The summed E-state index contributed by atoms with van der Waals surface area (Å²) in [5.41, 5.74) is 5.63. The highest BCUT2D eigenvalue weighted by Gasteiger charge is 2.11. The van der Waals surface area contributed by atoms with Gasteiger partial charge in [-0.05, 0) is 29.1 Å². The fourth-order valence-corrected chi connectivity index (χ4v) is 1.63. The fraction of sp³-hybridized carbons (Fsp3) is 0. The lowest BCUT2D eigenvalue weighted by molar-refractivity contribution is 0.0722. The lowest BCUT2D eigenvalue weighted by atomic mass is 10.1. The molecule has 0 radical (unpaired) electrons.